The van der Waals surface area contributed by atoms with Gasteiger partial charge in [0, 0.05) is 12.5 Å². The monoisotopic (exact) mass is 613 g/mol. The van der Waals surface area contributed by atoms with Crippen molar-refractivity contribution in [1.82, 2.24) is 0 Å². The average molecular weight is 614 g/mol. The van der Waals surface area contributed by atoms with Crippen molar-refractivity contribution in [3.63, 3.8) is 0 Å². The fourth-order valence-corrected chi connectivity index (χ4v) is 10.5. The predicted molar refractivity (Wildman–Crippen MR) is 194 cm³/mol. The highest BCUT2D eigenvalue weighted by Gasteiger charge is 2.50. The Bertz CT molecular complexity index is 1140. The third-order valence-electron chi connectivity index (χ3n) is 8.41. The van der Waals surface area contributed by atoms with Crippen LogP contribution >= 0.6 is 0 Å². The smallest absolute Gasteiger partial charge is 0.261 e. The van der Waals surface area contributed by atoms with Crippen molar-refractivity contribution in [3.05, 3.63) is 109 Å². The molecule has 0 saturated carbocycles. The average Bonchev–Trinajstić information content (AvgIpc) is 3.00. The van der Waals surface area contributed by atoms with Crippen LogP contribution in [0, 0.1) is 17.8 Å². The van der Waals surface area contributed by atoms with Crippen LogP contribution in [0.15, 0.2) is 109 Å². The third-order valence-corrected chi connectivity index (χ3v) is 13.4. The first-order valence-corrected chi connectivity index (χ1v) is 18.7. The number of carbonyl (C=O) groups excluding carboxylic acids is 1. The highest BCUT2D eigenvalue weighted by molar-refractivity contribution is 6.99. The Hall–Kier alpha value is -2.95. The number of nitrogens with two attached hydrogens (primary N) is 1. The summed E-state index contributed by atoms with van der Waals surface area (Å²) >= 11 is 0. The van der Waals surface area contributed by atoms with Crippen LogP contribution in [0.25, 0.3) is 0 Å². The van der Waals surface area contributed by atoms with Gasteiger partial charge in [-0.2, -0.15) is 0 Å². The van der Waals surface area contributed by atoms with E-state index in [1.54, 1.807) is 0 Å². The maximum atomic E-state index is 12.5. The van der Waals surface area contributed by atoms with Crippen molar-refractivity contribution in [2.45, 2.75) is 97.9 Å². The lowest BCUT2D eigenvalue weighted by atomic mass is 9.89. The van der Waals surface area contributed by atoms with Gasteiger partial charge in [0.15, 0.2) is 0 Å². The maximum Gasteiger partial charge on any atom is 0.261 e. The van der Waals surface area contributed by atoms with Crippen LogP contribution in [-0.2, 0) is 9.22 Å². The topological polar surface area (TPSA) is 52.3 Å². The van der Waals surface area contributed by atoms with Gasteiger partial charge in [0.2, 0.25) is 5.91 Å². The second-order valence-corrected chi connectivity index (χ2v) is 17.5. The molecule has 1 amide bonds. The number of hydrogen-bond acceptors (Lipinski definition) is 2. The Morgan fingerprint density at radius 1 is 0.795 bits per heavy atom. The number of unbranched alkanes of at least 4 members (excludes halogenated alkanes) is 3. The summed E-state index contributed by atoms with van der Waals surface area (Å²) in [7, 11) is -2.65. The first-order valence-electron chi connectivity index (χ1n) is 16.8. The van der Waals surface area contributed by atoms with Crippen LogP contribution in [0.1, 0.15) is 92.9 Å². The molecule has 2 aromatic carbocycles. The van der Waals surface area contributed by atoms with Gasteiger partial charge in [-0.1, -0.05) is 164 Å². The van der Waals surface area contributed by atoms with Crippen molar-refractivity contribution in [2.24, 2.45) is 23.5 Å². The molecule has 2 rings (SSSR count). The molecule has 0 aromatic heterocycles. The van der Waals surface area contributed by atoms with E-state index in [9.17, 15) is 4.79 Å². The zero-order chi connectivity index (χ0) is 32.3. The molecule has 0 heterocycles. The first kappa shape index (κ1) is 37.2. The van der Waals surface area contributed by atoms with Crippen LogP contribution in [0.5, 0.6) is 0 Å². The van der Waals surface area contributed by atoms with Crippen molar-refractivity contribution in [1.29, 1.82) is 0 Å². The molecule has 3 nitrogen and oxygen atoms in total. The van der Waals surface area contributed by atoms with Crippen LogP contribution in [0.2, 0.25) is 5.04 Å². The summed E-state index contributed by atoms with van der Waals surface area (Å²) in [5, 5.41) is 2.39. The van der Waals surface area contributed by atoms with E-state index in [2.05, 4.69) is 151 Å². The highest BCUT2D eigenvalue weighted by Crippen LogP contribution is 2.37. The van der Waals surface area contributed by atoms with Gasteiger partial charge in [0.05, 0.1) is 0 Å². The summed E-state index contributed by atoms with van der Waals surface area (Å²) < 4.78 is 7.09. The summed E-state index contributed by atoms with van der Waals surface area (Å²) in [6.45, 7) is 13.9. The minimum Gasteiger partial charge on any atom is -0.407 e. The van der Waals surface area contributed by atoms with Crippen LogP contribution in [0.3, 0.4) is 0 Å². The van der Waals surface area contributed by atoms with E-state index in [4.69, 9.17) is 10.2 Å². The molecule has 0 aliphatic carbocycles. The molecule has 0 radical (unpaired) electrons. The number of allylic oxidation sites excluding steroid dienone is 8. The minimum absolute atomic E-state index is 0.0165. The third kappa shape index (κ3) is 12.2. The Morgan fingerprint density at radius 2 is 1.34 bits per heavy atom. The van der Waals surface area contributed by atoms with Gasteiger partial charge in [-0.05, 0) is 65.8 Å². The molecule has 0 saturated heterocycles. The summed E-state index contributed by atoms with van der Waals surface area (Å²) in [5.74, 6) is 0.0255. The SMILES string of the molecule is CCCCCC=CC(C)C=CCC=CCC=CCCC(C(N)=O)C(C)CO[Si](c1ccccc1)(c1ccccc1)C(C)(C)C. The normalized spacial score (nSPS) is 15.0. The first-order chi connectivity index (χ1) is 21.1. The van der Waals surface area contributed by atoms with Gasteiger partial charge in [-0.25, -0.2) is 0 Å². The molecule has 0 fully saturated rings. The van der Waals surface area contributed by atoms with Gasteiger partial charge in [0.25, 0.3) is 8.32 Å². The summed E-state index contributed by atoms with van der Waals surface area (Å²) in [6, 6.07) is 21.3. The number of benzene rings is 2. The van der Waals surface area contributed by atoms with Gasteiger partial charge in [-0.3, -0.25) is 4.79 Å². The van der Waals surface area contributed by atoms with E-state index in [0.717, 1.165) is 25.7 Å². The Morgan fingerprint density at radius 3 is 1.89 bits per heavy atom. The van der Waals surface area contributed by atoms with Crippen molar-refractivity contribution in [2.75, 3.05) is 6.61 Å². The minimum atomic E-state index is -2.65. The fourth-order valence-electron chi connectivity index (χ4n) is 5.86. The van der Waals surface area contributed by atoms with Gasteiger partial charge in [0.1, 0.15) is 0 Å². The molecule has 0 aliphatic rings. The lowest BCUT2D eigenvalue weighted by molar-refractivity contribution is -0.123. The molecule has 2 N–H and O–H groups in total. The summed E-state index contributed by atoms with van der Waals surface area (Å²) in [4.78, 5) is 12.5. The Kier molecular flexibility index (Phi) is 17.1. The summed E-state index contributed by atoms with van der Waals surface area (Å²) in [6.07, 6.45) is 26.4. The number of primary amides is 1. The lowest BCUT2D eigenvalue weighted by Gasteiger charge is -2.44. The van der Waals surface area contributed by atoms with Crippen molar-refractivity contribution < 1.29 is 9.22 Å². The number of amides is 1. The van der Waals surface area contributed by atoms with Gasteiger partial charge >= 0.3 is 0 Å². The largest absolute Gasteiger partial charge is 0.407 e. The van der Waals surface area contributed by atoms with Gasteiger partial charge in [-0.15, -0.1) is 0 Å². The van der Waals surface area contributed by atoms with E-state index < -0.39 is 8.32 Å². The molecule has 3 unspecified atom stereocenters. The molecule has 2 aromatic rings. The summed E-state index contributed by atoms with van der Waals surface area (Å²) in [5.41, 5.74) is 5.93. The van der Waals surface area contributed by atoms with E-state index in [0.29, 0.717) is 12.5 Å². The van der Waals surface area contributed by atoms with E-state index >= 15 is 0 Å². The van der Waals surface area contributed by atoms with E-state index in [1.807, 2.05) is 0 Å². The van der Waals surface area contributed by atoms with Crippen LogP contribution < -0.4 is 16.1 Å². The highest BCUT2D eigenvalue weighted by atomic mass is 28.4. The second kappa shape index (κ2) is 20.2. The number of carbonyl (C=O) groups is 1. The number of rotatable bonds is 20. The molecule has 0 aliphatic heterocycles. The molecule has 240 valence electrons. The molecular formula is C40H59NO2Si. The van der Waals surface area contributed by atoms with Crippen molar-refractivity contribution in [3.8, 4) is 0 Å². The Balaban J connectivity index is 1.91. The predicted octanol–water partition coefficient (Wildman–Crippen LogP) is 9.30. The molecule has 0 spiro atoms. The molecule has 4 heteroatoms. The van der Waals surface area contributed by atoms with Crippen LogP contribution in [-0.4, -0.2) is 20.8 Å². The Labute approximate surface area is 270 Å². The van der Waals surface area contributed by atoms with E-state index in [1.165, 1.54) is 36.1 Å². The maximum absolute atomic E-state index is 12.5. The quantitative estimate of drug-likeness (QED) is 0.0919. The molecular weight excluding hydrogens is 555 g/mol. The standard InChI is InChI=1S/C40H59NO2Si/c1-7-8-9-14-19-26-34(2)27-20-15-12-10-11-13-16-25-32-38(39(41)42)35(3)33-43-44(40(4,5)6,36-28-21-17-22-29-36)37-30-23-18-24-31-37/h10,12-13,16-24,26-31,34-35,38H,7-9,11,14-15,25,32-33H2,1-6H3,(H2,41,42). The fraction of sp³-hybridized carbons (Fsp3) is 0.475. The molecule has 3 atom stereocenters. The van der Waals surface area contributed by atoms with Crippen LogP contribution in [0.4, 0.5) is 0 Å². The lowest BCUT2D eigenvalue weighted by Crippen LogP contribution is -2.67. The van der Waals surface area contributed by atoms with E-state index in [-0.39, 0.29) is 22.8 Å². The molecule has 0 bridgehead atoms. The number of hydrogen-bond donors (Lipinski definition) is 1. The molecule has 44 heavy (non-hydrogen) atoms. The van der Waals surface area contributed by atoms with Crippen molar-refractivity contribution >= 4 is 24.6 Å². The zero-order valence-corrected chi connectivity index (χ0v) is 29.4. The zero-order valence-electron chi connectivity index (χ0n) is 28.4. The second-order valence-electron chi connectivity index (χ2n) is 13.2. The van der Waals surface area contributed by atoms with Gasteiger partial charge < -0.3 is 10.2 Å².